The monoisotopic (exact) mass is 326 g/mol. The Kier molecular flexibility index (Phi) is 4.55. The van der Waals surface area contributed by atoms with E-state index in [4.69, 9.17) is 5.73 Å². The molecular formula is C18H26N6. The van der Waals surface area contributed by atoms with E-state index in [-0.39, 0.29) is 5.41 Å². The van der Waals surface area contributed by atoms with E-state index >= 15 is 0 Å². The topological polar surface area (TPSA) is 92.0 Å². The Balaban J connectivity index is 1.68. The summed E-state index contributed by atoms with van der Waals surface area (Å²) < 4.78 is 0. The van der Waals surface area contributed by atoms with E-state index in [0.29, 0.717) is 12.5 Å². The predicted octanol–water partition coefficient (Wildman–Crippen LogP) is 2.91. The third-order valence-electron chi connectivity index (χ3n) is 4.26. The lowest BCUT2D eigenvalue weighted by atomic mass is 9.90. The first-order valence-electron chi connectivity index (χ1n) is 8.53. The molecule has 1 aliphatic carbocycles. The van der Waals surface area contributed by atoms with Gasteiger partial charge in [-0.25, -0.2) is 9.98 Å². The van der Waals surface area contributed by atoms with Gasteiger partial charge < -0.3 is 11.1 Å². The van der Waals surface area contributed by atoms with Crippen LogP contribution in [-0.2, 0) is 24.8 Å². The second-order valence-corrected chi connectivity index (χ2v) is 7.33. The average molecular weight is 326 g/mol. The Labute approximate surface area is 143 Å². The summed E-state index contributed by atoms with van der Waals surface area (Å²) in [7, 11) is 0. The smallest absolute Gasteiger partial charge is 0.193 e. The molecule has 0 unspecified atom stereocenters. The number of guanidine groups is 1. The molecule has 0 spiro atoms. The van der Waals surface area contributed by atoms with Gasteiger partial charge in [0.2, 0.25) is 0 Å². The largest absolute Gasteiger partial charge is 0.370 e. The van der Waals surface area contributed by atoms with Gasteiger partial charge in [-0.15, -0.1) is 0 Å². The maximum atomic E-state index is 6.06. The van der Waals surface area contributed by atoms with Gasteiger partial charge in [-0.3, -0.25) is 5.10 Å². The predicted molar refractivity (Wildman–Crippen MR) is 97.1 cm³/mol. The minimum atomic E-state index is -0.0780. The molecule has 0 atom stereocenters. The van der Waals surface area contributed by atoms with Crippen LogP contribution in [0.25, 0.3) is 0 Å². The van der Waals surface area contributed by atoms with Crippen LogP contribution < -0.4 is 11.1 Å². The van der Waals surface area contributed by atoms with E-state index < -0.39 is 0 Å². The van der Waals surface area contributed by atoms with E-state index in [1.165, 1.54) is 24.0 Å². The average Bonchev–Trinajstić information content (AvgIpc) is 3.03. The number of hydrogen-bond donors (Lipinski definition) is 3. The molecule has 1 aromatic carbocycles. The summed E-state index contributed by atoms with van der Waals surface area (Å²) in [6, 6.07) is 6.35. The maximum absolute atomic E-state index is 6.06. The Morgan fingerprint density at radius 3 is 2.83 bits per heavy atom. The molecular weight excluding hydrogens is 300 g/mol. The fourth-order valence-corrected chi connectivity index (χ4v) is 2.94. The number of aromatic amines is 1. The minimum absolute atomic E-state index is 0.0780. The van der Waals surface area contributed by atoms with Crippen molar-refractivity contribution in [3.8, 4) is 0 Å². The lowest BCUT2D eigenvalue weighted by molar-refractivity contribution is 0.547. The second kappa shape index (κ2) is 6.63. The molecule has 128 valence electrons. The van der Waals surface area contributed by atoms with Crippen molar-refractivity contribution in [2.24, 2.45) is 10.7 Å². The molecule has 4 N–H and O–H groups in total. The number of nitrogens with one attached hydrogen (secondary N) is 2. The van der Waals surface area contributed by atoms with Crippen LogP contribution in [0.2, 0.25) is 0 Å². The normalized spacial score (nSPS) is 15.2. The highest BCUT2D eigenvalue weighted by molar-refractivity contribution is 5.93. The van der Waals surface area contributed by atoms with Gasteiger partial charge in [0.05, 0.1) is 0 Å². The van der Waals surface area contributed by atoms with Crippen molar-refractivity contribution in [1.29, 1.82) is 0 Å². The Bertz CT molecular complexity index is 738. The van der Waals surface area contributed by atoms with Gasteiger partial charge in [0.15, 0.2) is 11.8 Å². The van der Waals surface area contributed by atoms with Crippen molar-refractivity contribution < 1.29 is 0 Å². The highest BCUT2D eigenvalue weighted by Gasteiger charge is 2.19. The highest BCUT2D eigenvalue weighted by Crippen LogP contribution is 2.27. The van der Waals surface area contributed by atoms with Crippen molar-refractivity contribution in [3.05, 3.63) is 41.0 Å². The number of fused-ring (bicyclic) bond motifs is 1. The number of anilines is 1. The quantitative estimate of drug-likeness (QED) is 0.597. The van der Waals surface area contributed by atoms with Gasteiger partial charge >= 0.3 is 0 Å². The summed E-state index contributed by atoms with van der Waals surface area (Å²) >= 11 is 0. The van der Waals surface area contributed by atoms with Crippen LogP contribution in [0.5, 0.6) is 0 Å². The first kappa shape index (κ1) is 16.5. The lowest BCUT2D eigenvalue weighted by Crippen LogP contribution is -2.24. The second-order valence-electron chi connectivity index (χ2n) is 7.33. The van der Waals surface area contributed by atoms with Crippen LogP contribution in [0, 0.1) is 0 Å². The van der Waals surface area contributed by atoms with E-state index in [9.17, 15) is 0 Å². The molecule has 1 aromatic heterocycles. The number of benzene rings is 1. The number of aryl methyl sites for hydroxylation is 1. The molecule has 0 bridgehead atoms. The van der Waals surface area contributed by atoms with Crippen molar-refractivity contribution in [2.45, 2.75) is 58.4 Å². The molecule has 1 heterocycles. The van der Waals surface area contributed by atoms with Crippen LogP contribution >= 0.6 is 0 Å². The molecule has 2 aromatic rings. The summed E-state index contributed by atoms with van der Waals surface area (Å²) in [5, 5.41) is 10.4. The van der Waals surface area contributed by atoms with Gasteiger partial charge in [0.25, 0.3) is 0 Å². The van der Waals surface area contributed by atoms with E-state index in [2.05, 4.69) is 64.5 Å². The SMILES string of the molecule is CC(C)(C)c1n[nH]c(CN=C(N)Nc2cccc3c2CCCC3)n1. The number of rotatable bonds is 3. The molecule has 0 fully saturated rings. The molecule has 0 radical (unpaired) electrons. The zero-order valence-corrected chi connectivity index (χ0v) is 14.7. The van der Waals surface area contributed by atoms with Gasteiger partial charge in [-0.2, -0.15) is 5.10 Å². The van der Waals surface area contributed by atoms with Crippen molar-refractivity contribution in [1.82, 2.24) is 15.2 Å². The number of nitrogens with zero attached hydrogens (tertiary/aromatic N) is 3. The summed E-state index contributed by atoms with van der Waals surface area (Å²) in [5.41, 5.74) is 9.84. The van der Waals surface area contributed by atoms with Crippen LogP contribution in [0.1, 0.15) is 56.4 Å². The maximum Gasteiger partial charge on any atom is 0.193 e. The first-order chi connectivity index (χ1) is 11.4. The van der Waals surface area contributed by atoms with Gasteiger partial charge in [-0.1, -0.05) is 32.9 Å². The Morgan fingerprint density at radius 1 is 1.29 bits per heavy atom. The molecule has 6 nitrogen and oxygen atoms in total. The number of aliphatic imine (C=N–C) groups is 1. The van der Waals surface area contributed by atoms with Crippen molar-refractivity contribution in [2.75, 3.05) is 5.32 Å². The summed E-state index contributed by atoms with van der Waals surface area (Å²) in [6.45, 7) is 6.63. The first-order valence-corrected chi connectivity index (χ1v) is 8.53. The fraction of sp³-hybridized carbons (Fsp3) is 0.500. The molecule has 0 saturated heterocycles. The number of hydrogen-bond acceptors (Lipinski definition) is 3. The molecule has 24 heavy (non-hydrogen) atoms. The van der Waals surface area contributed by atoms with E-state index in [0.717, 1.165) is 30.2 Å². The fourth-order valence-electron chi connectivity index (χ4n) is 2.94. The minimum Gasteiger partial charge on any atom is -0.370 e. The standard InChI is InChI=1S/C18H26N6/c1-18(2,3)16-22-15(23-24-16)11-20-17(19)21-14-10-6-8-12-7-4-5-9-13(12)14/h6,8,10H,4-5,7,9,11H2,1-3H3,(H3,19,20,21)(H,22,23,24). The van der Waals surface area contributed by atoms with Crippen LogP contribution in [0.4, 0.5) is 5.69 Å². The van der Waals surface area contributed by atoms with Gasteiger partial charge in [-0.05, 0) is 42.9 Å². The van der Waals surface area contributed by atoms with Crippen LogP contribution in [-0.4, -0.2) is 21.1 Å². The summed E-state index contributed by atoms with van der Waals surface area (Å²) in [4.78, 5) is 8.86. The lowest BCUT2D eigenvalue weighted by Gasteiger charge is -2.19. The van der Waals surface area contributed by atoms with Crippen LogP contribution in [0.3, 0.4) is 0 Å². The third kappa shape index (κ3) is 3.75. The molecule has 3 rings (SSSR count). The zero-order valence-electron chi connectivity index (χ0n) is 14.7. The molecule has 0 saturated carbocycles. The summed E-state index contributed by atoms with van der Waals surface area (Å²) in [5.74, 6) is 1.92. The van der Waals surface area contributed by atoms with Gasteiger partial charge in [0.1, 0.15) is 12.4 Å². The van der Waals surface area contributed by atoms with Crippen molar-refractivity contribution >= 4 is 11.6 Å². The van der Waals surface area contributed by atoms with Crippen molar-refractivity contribution in [3.63, 3.8) is 0 Å². The number of nitrogens with two attached hydrogens (primary N) is 1. The van der Waals surface area contributed by atoms with E-state index in [1.807, 2.05) is 0 Å². The van der Waals surface area contributed by atoms with Gasteiger partial charge in [0, 0.05) is 11.1 Å². The Hall–Kier alpha value is -2.37. The highest BCUT2D eigenvalue weighted by atomic mass is 15.2. The molecule has 6 heteroatoms. The van der Waals surface area contributed by atoms with Crippen LogP contribution in [0.15, 0.2) is 23.2 Å². The summed E-state index contributed by atoms with van der Waals surface area (Å²) in [6.07, 6.45) is 4.75. The zero-order chi connectivity index (χ0) is 17.2. The number of H-pyrrole nitrogens is 1. The molecule has 1 aliphatic rings. The number of aromatic nitrogens is 3. The third-order valence-corrected chi connectivity index (χ3v) is 4.26. The van der Waals surface area contributed by atoms with E-state index in [1.54, 1.807) is 0 Å². The Morgan fingerprint density at radius 2 is 2.08 bits per heavy atom. The molecule has 0 aliphatic heterocycles. The molecule has 0 amide bonds.